The van der Waals surface area contributed by atoms with E-state index in [0.29, 0.717) is 6.61 Å². The summed E-state index contributed by atoms with van der Waals surface area (Å²) in [5.74, 6) is 0.880. The molecular formula is C12H15NO3. The second kappa shape index (κ2) is 5.53. The highest BCUT2D eigenvalue weighted by Crippen LogP contribution is 2.14. The van der Waals surface area contributed by atoms with Crippen molar-refractivity contribution in [2.75, 3.05) is 13.7 Å². The average Bonchev–Trinajstić information content (AvgIpc) is 2.96. The number of rotatable bonds is 6. The average molecular weight is 221 g/mol. The van der Waals surface area contributed by atoms with Crippen LogP contribution < -0.4 is 5.32 Å². The lowest BCUT2D eigenvalue weighted by atomic mass is 10.2. The summed E-state index contributed by atoms with van der Waals surface area (Å²) in [7, 11) is 1.68. The lowest BCUT2D eigenvalue weighted by molar-refractivity contribution is 0.156. The molecule has 4 heteroatoms. The van der Waals surface area contributed by atoms with E-state index in [9.17, 15) is 0 Å². The fourth-order valence-corrected chi connectivity index (χ4v) is 1.53. The highest BCUT2D eigenvalue weighted by Gasteiger charge is 2.13. The molecule has 0 saturated carbocycles. The van der Waals surface area contributed by atoms with Crippen molar-refractivity contribution in [2.45, 2.75) is 12.6 Å². The van der Waals surface area contributed by atoms with Gasteiger partial charge in [0.25, 0.3) is 0 Å². The Morgan fingerprint density at radius 1 is 1.38 bits per heavy atom. The zero-order chi connectivity index (χ0) is 11.2. The Bertz CT molecular complexity index is 380. The molecule has 1 atom stereocenters. The van der Waals surface area contributed by atoms with Gasteiger partial charge in [-0.2, -0.15) is 0 Å². The van der Waals surface area contributed by atoms with Gasteiger partial charge in [0.05, 0.1) is 31.4 Å². The maximum Gasteiger partial charge on any atom is 0.123 e. The molecule has 0 aliphatic carbocycles. The monoisotopic (exact) mass is 221 g/mol. The molecule has 1 unspecified atom stereocenters. The number of methoxy groups -OCH3 is 1. The predicted octanol–water partition coefficient (Wildman–Crippen LogP) is 2.35. The first kappa shape index (κ1) is 11.0. The van der Waals surface area contributed by atoms with Crippen LogP contribution in [0.2, 0.25) is 0 Å². The third-order valence-electron chi connectivity index (χ3n) is 2.35. The van der Waals surface area contributed by atoms with Crippen molar-refractivity contribution in [1.82, 2.24) is 5.32 Å². The fourth-order valence-electron chi connectivity index (χ4n) is 1.53. The summed E-state index contributed by atoms with van der Waals surface area (Å²) in [6.45, 7) is 1.30. The van der Waals surface area contributed by atoms with E-state index >= 15 is 0 Å². The number of hydrogen-bond acceptors (Lipinski definition) is 4. The first-order valence-electron chi connectivity index (χ1n) is 5.17. The predicted molar refractivity (Wildman–Crippen MR) is 58.9 cm³/mol. The van der Waals surface area contributed by atoms with Crippen LogP contribution in [0.4, 0.5) is 0 Å². The minimum absolute atomic E-state index is 0.0647. The van der Waals surface area contributed by atoms with E-state index in [1.807, 2.05) is 18.2 Å². The van der Waals surface area contributed by atoms with Gasteiger partial charge in [-0.15, -0.1) is 0 Å². The van der Waals surface area contributed by atoms with Gasteiger partial charge in [0, 0.05) is 19.2 Å². The molecule has 0 spiro atoms. The molecule has 4 nitrogen and oxygen atoms in total. The van der Waals surface area contributed by atoms with E-state index in [1.165, 1.54) is 0 Å². The van der Waals surface area contributed by atoms with Crippen LogP contribution in [-0.4, -0.2) is 13.7 Å². The SMILES string of the molecule is COCC(NCc1ccoc1)c1ccco1. The van der Waals surface area contributed by atoms with Crippen LogP contribution in [0.5, 0.6) is 0 Å². The van der Waals surface area contributed by atoms with Gasteiger partial charge in [-0.1, -0.05) is 0 Å². The van der Waals surface area contributed by atoms with Crippen LogP contribution in [0.25, 0.3) is 0 Å². The molecule has 0 aliphatic heterocycles. The molecule has 0 saturated heterocycles. The molecular weight excluding hydrogens is 206 g/mol. The molecule has 0 aliphatic rings. The molecule has 0 radical (unpaired) electrons. The van der Waals surface area contributed by atoms with Crippen molar-refractivity contribution in [2.24, 2.45) is 0 Å². The standard InChI is InChI=1S/C12H15NO3/c1-14-9-11(12-3-2-5-16-12)13-7-10-4-6-15-8-10/h2-6,8,11,13H,7,9H2,1H3. The molecule has 0 aromatic carbocycles. The Balaban J connectivity index is 1.93. The molecule has 2 aromatic rings. The number of hydrogen-bond donors (Lipinski definition) is 1. The zero-order valence-electron chi connectivity index (χ0n) is 9.18. The summed E-state index contributed by atoms with van der Waals surface area (Å²) in [6.07, 6.45) is 5.05. The van der Waals surface area contributed by atoms with Gasteiger partial charge in [0.1, 0.15) is 5.76 Å². The molecule has 16 heavy (non-hydrogen) atoms. The molecule has 0 bridgehead atoms. The van der Waals surface area contributed by atoms with Crippen LogP contribution in [0, 0.1) is 0 Å². The third-order valence-corrected chi connectivity index (χ3v) is 2.35. The Morgan fingerprint density at radius 3 is 2.94 bits per heavy atom. The second-order valence-electron chi connectivity index (χ2n) is 3.54. The van der Waals surface area contributed by atoms with Crippen LogP contribution in [0.15, 0.2) is 45.8 Å². The van der Waals surface area contributed by atoms with E-state index in [1.54, 1.807) is 25.9 Å². The lowest BCUT2D eigenvalue weighted by Gasteiger charge is -2.14. The highest BCUT2D eigenvalue weighted by molar-refractivity contribution is 5.08. The van der Waals surface area contributed by atoms with E-state index in [0.717, 1.165) is 17.9 Å². The fraction of sp³-hybridized carbons (Fsp3) is 0.333. The summed E-state index contributed by atoms with van der Waals surface area (Å²) in [5, 5.41) is 3.35. The van der Waals surface area contributed by atoms with Gasteiger partial charge in [0.2, 0.25) is 0 Å². The smallest absolute Gasteiger partial charge is 0.123 e. The summed E-state index contributed by atoms with van der Waals surface area (Å²) >= 11 is 0. The topological polar surface area (TPSA) is 47.5 Å². The molecule has 0 amide bonds. The first-order valence-corrected chi connectivity index (χ1v) is 5.17. The van der Waals surface area contributed by atoms with Gasteiger partial charge in [-0.3, -0.25) is 0 Å². The summed E-state index contributed by atoms with van der Waals surface area (Å²) in [5.41, 5.74) is 1.10. The van der Waals surface area contributed by atoms with E-state index < -0.39 is 0 Å². The minimum Gasteiger partial charge on any atom is -0.472 e. The summed E-state index contributed by atoms with van der Waals surface area (Å²) in [6, 6.07) is 5.80. The zero-order valence-corrected chi connectivity index (χ0v) is 9.18. The Kier molecular flexibility index (Phi) is 3.80. The van der Waals surface area contributed by atoms with Crippen molar-refractivity contribution in [3.8, 4) is 0 Å². The minimum atomic E-state index is 0.0647. The molecule has 2 aromatic heterocycles. The Hall–Kier alpha value is -1.52. The van der Waals surface area contributed by atoms with Gasteiger partial charge < -0.3 is 18.9 Å². The number of nitrogens with one attached hydrogen (secondary N) is 1. The van der Waals surface area contributed by atoms with Crippen molar-refractivity contribution in [3.05, 3.63) is 48.3 Å². The van der Waals surface area contributed by atoms with Crippen LogP contribution in [0.1, 0.15) is 17.4 Å². The Labute approximate surface area is 94.2 Å². The van der Waals surface area contributed by atoms with Gasteiger partial charge in [-0.25, -0.2) is 0 Å². The maximum absolute atomic E-state index is 5.35. The van der Waals surface area contributed by atoms with Gasteiger partial charge >= 0.3 is 0 Å². The van der Waals surface area contributed by atoms with Crippen LogP contribution in [0.3, 0.4) is 0 Å². The third kappa shape index (κ3) is 2.74. The summed E-state index contributed by atoms with van der Waals surface area (Å²) < 4.78 is 15.5. The van der Waals surface area contributed by atoms with Crippen LogP contribution >= 0.6 is 0 Å². The second-order valence-corrected chi connectivity index (χ2v) is 3.54. The summed E-state index contributed by atoms with van der Waals surface area (Å²) in [4.78, 5) is 0. The normalized spacial score (nSPS) is 12.8. The maximum atomic E-state index is 5.35. The molecule has 0 fully saturated rings. The van der Waals surface area contributed by atoms with Crippen molar-refractivity contribution >= 4 is 0 Å². The molecule has 2 rings (SSSR count). The number of furan rings is 2. The van der Waals surface area contributed by atoms with Crippen molar-refractivity contribution in [1.29, 1.82) is 0 Å². The lowest BCUT2D eigenvalue weighted by Crippen LogP contribution is -2.24. The van der Waals surface area contributed by atoms with Gasteiger partial charge in [0.15, 0.2) is 0 Å². The number of ether oxygens (including phenoxy) is 1. The van der Waals surface area contributed by atoms with E-state index in [4.69, 9.17) is 13.6 Å². The quantitative estimate of drug-likeness (QED) is 0.813. The van der Waals surface area contributed by atoms with E-state index in [2.05, 4.69) is 5.32 Å². The van der Waals surface area contributed by atoms with Crippen molar-refractivity contribution in [3.63, 3.8) is 0 Å². The molecule has 2 heterocycles. The Morgan fingerprint density at radius 2 is 2.31 bits per heavy atom. The molecule has 1 N–H and O–H groups in total. The van der Waals surface area contributed by atoms with Crippen molar-refractivity contribution < 1.29 is 13.6 Å². The van der Waals surface area contributed by atoms with Crippen LogP contribution in [-0.2, 0) is 11.3 Å². The largest absolute Gasteiger partial charge is 0.472 e. The first-order chi connectivity index (χ1) is 7.90. The molecule has 86 valence electrons. The van der Waals surface area contributed by atoms with E-state index in [-0.39, 0.29) is 6.04 Å². The van der Waals surface area contributed by atoms with Gasteiger partial charge in [-0.05, 0) is 18.2 Å². The highest BCUT2D eigenvalue weighted by atomic mass is 16.5.